The molecular weight excluding hydrogens is 264 g/mol. The van der Waals surface area contributed by atoms with Gasteiger partial charge in [-0.1, -0.05) is 0 Å². The molecule has 4 heteroatoms. The minimum Gasteiger partial charge on any atom is -0.496 e. The van der Waals surface area contributed by atoms with Crippen LogP contribution in [0.2, 0.25) is 0 Å². The quantitative estimate of drug-likeness (QED) is 0.894. The number of methoxy groups -OCH3 is 1. The van der Waals surface area contributed by atoms with Gasteiger partial charge >= 0.3 is 0 Å². The fourth-order valence-electron chi connectivity index (χ4n) is 3.39. The lowest BCUT2D eigenvalue weighted by atomic mass is 9.91. The van der Waals surface area contributed by atoms with Crippen LogP contribution in [0.25, 0.3) is 0 Å². The van der Waals surface area contributed by atoms with Gasteiger partial charge < -0.3 is 20.5 Å². The maximum absolute atomic E-state index is 5.96. The van der Waals surface area contributed by atoms with Crippen molar-refractivity contribution in [3.63, 3.8) is 0 Å². The van der Waals surface area contributed by atoms with Crippen molar-refractivity contribution in [3.8, 4) is 11.5 Å². The molecule has 1 saturated carbocycles. The highest BCUT2D eigenvalue weighted by atomic mass is 16.5. The molecule has 4 nitrogen and oxygen atoms in total. The Labute approximate surface area is 127 Å². The van der Waals surface area contributed by atoms with Crippen molar-refractivity contribution in [3.05, 3.63) is 23.3 Å². The first-order valence-corrected chi connectivity index (χ1v) is 8.01. The summed E-state index contributed by atoms with van der Waals surface area (Å²) in [6.45, 7) is 2.93. The van der Waals surface area contributed by atoms with Gasteiger partial charge in [-0.3, -0.25) is 0 Å². The van der Waals surface area contributed by atoms with Crippen molar-refractivity contribution in [2.45, 2.75) is 63.8 Å². The molecule has 0 spiro atoms. The Balaban J connectivity index is 1.66. The number of hydrogen-bond acceptors (Lipinski definition) is 4. The number of hydrogen-bond donors (Lipinski definition) is 2. The molecule has 0 saturated heterocycles. The summed E-state index contributed by atoms with van der Waals surface area (Å²) >= 11 is 0. The normalized spacial score (nSPS) is 28.0. The fraction of sp³-hybridized carbons (Fsp3) is 0.647. The van der Waals surface area contributed by atoms with Crippen LogP contribution in [-0.2, 0) is 13.0 Å². The Morgan fingerprint density at radius 3 is 2.76 bits per heavy atom. The summed E-state index contributed by atoms with van der Waals surface area (Å²) in [6, 6.07) is 5.24. The van der Waals surface area contributed by atoms with E-state index in [0.29, 0.717) is 12.1 Å². The lowest BCUT2D eigenvalue weighted by Crippen LogP contribution is -2.37. The smallest absolute Gasteiger partial charge is 0.123 e. The molecule has 1 atom stereocenters. The van der Waals surface area contributed by atoms with Gasteiger partial charge in [0.25, 0.3) is 0 Å². The second-order valence-electron chi connectivity index (χ2n) is 6.40. The zero-order valence-electron chi connectivity index (χ0n) is 13.0. The summed E-state index contributed by atoms with van der Waals surface area (Å²) in [5.41, 5.74) is 8.40. The van der Waals surface area contributed by atoms with Gasteiger partial charge in [-0.25, -0.2) is 0 Å². The zero-order valence-corrected chi connectivity index (χ0v) is 13.0. The monoisotopic (exact) mass is 290 g/mol. The number of nitrogens with two attached hydrogens (primary N) is 1. The van der Waals surface area contributed by atoms with Crippen molar-refractivity contribution in [2.24, 2.45) is 5.73 Å². The Morgan fingerprint density at radius 2 is 2.05 bits per heavy atom. The van der Waals surface area contributed by atoms with Crippen molar-refractivity contribution in [1.82, 2.24) is 5.32 Å². The first-order valence-electron chi connectivity index (χ1n) is 8.01. The second-order valence-corrected chi connectivity index (χ2v) is 6.40. The van der Waals surface area contributed by atoms with Gasteiger partial charge in [0.05, 0.1) is 7.11 Å². The molecule has 0 amide bonds. The Morgan fingerprint density at radius 1 is 1.29 bits per heavy atom. The molecule has 0 aromatic heterocycles. The molecule has 3 N–H and O–H groups in total. The van der Waals surface area contributed by atoms with Crippen LogP contribution in [-0.4, -0.2) is 25.3 Å². The van der Waals surface area contributed by atoms with Gasteiger partial charge in [0.1, 0.15) is 17.6 Å². The molecule has 1 aliphatic heterocycles. The van der Waals surface area contributed by atoms with E-state index in [1.54, 1.807) is 7.11 Å². The van der Waals surface area contributed by atoms with E-state index in [2.05, 4.69) is 24.4 Å². The highest BCUT2D eigenvalue weighted by molar-refractivity contribution is 5.48. The maximum atomic E-state index is 5.96. The molecule has 1 heterocycles. The first-order chi connectivity index (χ1) is 10.2. The van der Waals surface area contributed by atoms with Crippen LogP contribution in [0.3, 0.4) is 0 Å². The summed E-state index contributed by atoms with van der Waals surface area (Å²) in [6.07, 6.45) is 5.83. The third-order valence-electron chi connectivity index (χ3n) is 4.65. The average Bonchev–Trinajstić information content (AvgIpc) is 2.84. The topological polar surface area (TPSA) is 56.5 Å². The minimum atomic E-state index is 0.271. The molecule has 0 radical (unpaired) electrons. The van der Waals surface area contributed by atoms with Crippen LogP contribution in [0.1, 0.15) is 43.7 Å². The largest absolute Gasteiger partial charge is 0.496 e. The molecule has 1 unspecified atom stereocenters. The van der Waals surface area contributed by atoms with Gasteiger partial charge in [-0.15, -0.1) is 0 Å². The Hall–Kier alpha value is -1.26. The highest BCUT2D eigenvalue weighted by Crippen LogP contribution is 2.35. The van der Waals surface area contributed by atoms with Crippen LogP contribution >= 0.6 is 0 Å². The predicted octanol–water partition coefficient (Wildman–Crippen LogP) is 2.38. The van der Waals surface area contributed by atoms with E-state index < -0.39 is 0 Å². The number of benzene rings is 1. The van der Waals surface area contributed by atoms with E-state index in [9.17, 15) is 0 Å². The van der Waals surface area contributed by atoms with E-state index in [-0.39, 0.29) is 6.10 Å². The summed E-state index contributed by atoms with van der Waals surface area (Å²) < 4.78 is 11.4. The van der Waals surface area contributed by atoms with E-state index >= 15 is 0 Å². The zero-order chi connectivity index (χ0) is 14.8. The molecule has 3 rings (SSSR count). The molecule has 1 aromatic carbocycles. The number of ether oxygens (including phenoxy) is 2. The van der Waals surface area contributed by atoms with Gasteiger partial charge in [-0.05, 0) is 44.7 Å². The van der Waals surface area contributed by atoms with Gasteiger partial charge in [-0.2, -0.15) is 0 Å². The predicted molar refractivity (Wildman–Crippen MR) is 83.9 cm³/mol. The highest BCUT2D eigenvalue weighted by Gasteiger charge is 2.22. The molecule has 21 heavy (non-hydrogen) atoms. The van der Waals surface area contributed by atoms with Crippen molar-refractivity contribution < 1.29 is 9.47 Å². The average molecular weight is 290 g/mol. The third kappa shape index (κ3) is 3.33. The Kier molecular flexibility index (Phi) is 4.36. The fourth-order valence-corrected chi connectivity index (χ4v) is 3.39. The van der Waals surface area contributed by atoms with Gasteiger partial charge in [0, 0.05) is 36.2 Å². The van der Waals surface area contributed by atoms with Gasteiger partial charge in [0.15, 0.2) is 0 Å². The summed E-state index contributed by atoms with van der Waals surface area (Å²) in [5, 5.41) is 3.64. The lowest BCUT2D eigenvalue weighted by Gasteiger charge is -2.27. The molecule has 1 aliphatic carbocycles. The van der Waals surface area contributed by atoms with Crippen LogP contribution in [0.15, 0.2) is 12.1 Å². The molecular formula is C17H26N2O2. The lowest BCUT2D eigenvalue weighted by molar-refractivity contribution is 0.254. The minimum absolute atomic E-state index is 0.271. The van der Waals surface area contributed by atoms with Crippen molar-refractivity contribution >= 4 is 0 Å². The van der Waals surface area contributed by atoms with Crippen molar-refractivity contribution in [2.75, 3.05) is 7.11 Å². The van der Waals surface area contributed by atoms with E-state index in [4.69, 9.17) is 15.2 Å². The summed E-state index contributed by atoms with van der Waals surface area (Å²) in [5.74, 6) is 1.98. The second kappa shape index (κ2) is 6.24. The van der Waals surface area contributed by atoms with Crippen LogP contribution in [0.4, 0.5) is 0 Å². The molecule has 116 valence electrons. The standard InChI is InChI=1S/C17H26N2O2/c1-11-7-12-8-16(20-2)13(9-17(12)21-11)10-19-15-5-3-14(18)4-6-15/h8-9,11,14-15,19H,3-7,10,18H2,1-2H3. The summed E-state index contributed by atoms with van der Waals surface area (Å²) in [7, 11) is 1.74. The van der Waals surface area contributed by atoms with Crippen LogP contribution in [0, 0.1) is 0 Å². The number of rotatable bonds is 4. The van der Waals surface area contributed by atoms with E-state index in [1.165, 1.54) is 24.0 Å². The SMILES string of the molecule is COc1cc2c(cc1CNC1CCC(N)CC1)OC(C)C2. The molecule has 2 aliphatic rings. The first kappa shape index (κ1) is 14.7. The van der Waals surface area contributed by atoms with Crippen LogP contribution < -0.4 is 20.5 Å². The summed E-state index contributed by atoms with van der Waals surface area (Å²) in [4.78, 5) is 0. The van der Waals surface area contributed by atoms with Crippen LogP contribution in [0.5, 0.6) is 11.5 Å². The van der Waals surface area contributed by atoms with Gasteiger partial charge in [0.2, 0.25) is 0 Å². The van der Waals surface area contributed by atoms with E-state index in [1.807, 2.05) is 0 Å². The molecule has 0 bridgehead atoms. The van der Waals surface area contributed by atoms with Crippen molar-refractivity contribution in [1.29, 1.82) is 0 Å². The number of nitrogens with one attached hydrogen (secondary N) is 1. The van der Waals surface area contributed by atoms with E-state index in [0.717, 1.165) is 37.3 Å². The Bertz CT molecular complexity index is 496. The molecule has 1 aromatic rings. The molecule has 1 fully saturated rings. The maximum Gasteiger partial charge on any atom is 0.123 e. The third-order valence-corrected chi connectivity index (χ3v) is 4.65. The number of fused-ring (bicyclic) bond motifs is 1.